The largest absolute Gasteiger partial charge is 0.300 e. The number of carbonyl (C=O) groups excluding carboxylic acids is 1. The van der Waals surface area contributed by atoms with Gasteiger partial charge in [-0.3, -0.25) is 0 Å². The van der Waals surface area contributed by atoms with E-state index in [1.54, 1.807) is 6.92 Å². The zero-order valence-corrected chi connectivity index (χ0v) is 10.4. The molecule has 0 heterocycles. The van der Waals surface area contributed by atoms with Gasteiger partial charge in [0, 0.05) is 6.42 Å². The lowest BCUT2D eigenvalue weighted by molar-refractivity contribution is -0.122. The lowest BCUT2D eigenvalue weighted by Crippen LogP contribution is -2.40. The van der Waals surface area contributed by atoms with Crippen molar-refractivity contribution in [1.29, 1.82) is 0 Å². The molecule has 2 bridgehead atoms. The number of carbonyl (C=O) groups is 1. The maximum atomic E-state index is 11.4. The van der Waals surface area contributed by atoms with Crippen molar-refractivity contribution < 1.29 is 4.79 Å². The van der Waals surface area contributed by atoms with Gasteiger partial charge in [-0.05, 0) is 62.2 Å². The van der Waals surface area contributed by atoms with Crippen molar-refractivity contribution in [2.45, 2.75) is 59.3 Å². The maximum absolute atomic E-state index is 11.4. The molecule has 15 heavy (non-hydrogen) atoms. The Morgan fingerprint density at radius 3 is 2.13 bits per heavy atom. The van der Waals surface area contributed by atoms with E-state index in [-0.39, 0.29) is 0 Å². The van der Waals surface area contributed by atoms with Gasteiger partial charge in [0.25, 0.3) is 0 Å². The molecule has 2 fully saturated rings. The normalized spacial score (nSPS) is 45.1. The van der Waals surface area contributed by atoms with Gasteiger partial charge >= 0.3 is 0 Å². The Hall–Kier alpha value is -0.330. The summed E-state index contributed by atoms with van der Waals surface area (Å²) in [5.74, 6) is 3.00. The van der Waals surface area contributed by atoms with Crippen molar-refractivity contribution in [3.63, 3.8) is 0 Å². The number of hydrogen-bond acceptors (Lipinski definition) is 1. The van der Waals surface area contributed by atoms with E-state index in [1.807, 2.05) is 0 Å². The summed E-state index contributed by atoms with van der Waals surface area (Å²) < 4.78 is 0. The molecule has 2 rings (SSSR count). The minimum atomic E-state index is 0.395. The topological polar surface area (TPSA) is 17.1 Å². The molecule has 1 heteroatoms. The molecule has 86 valence electrons. The maximum Gasteiger partial charge on any atom is 0.130 e. The van der Waals surface area contributed by atoms with Crippen LogP contribution < -0.4 is 0 Å². The summed E-state index contributed by atoms with van der Waals surface area (Å²) in [7, 11) is 0. The van der Waals surface area contributed by atoms with Crippen LogP contribution in [0, 0.1) is 23.2 Å². The Balaban J connectivity index is 2.15. The molecule has 0 aromatic heterocycles. The first-order valence-electron chi connectivity index (χ1n) is 6.48. The van der Waals surface area contributed by atoms with Gasteiger partial charge in [0.15, 0.2) is 0 Å². The van der Waals surface area contributed by atoms with Crippen LogP contribution in [-0.2, 0) is 4.79 Å². The Morgan fingerprint density at radius 2 is 1.67 bits per heavy atom. The second kappa shape index (κ2) is 3.92. The van der Waals surface area contributed by atoms with Crippen LogP contribution in [0.3, 0.4) is 0 Å². The Kier molecular flexibility index (Phi) is 2.92. The third-order valence-corrected chi connectivity index (χ3v) is 4.38. The first-order chi connectivity index (χ1) is 6.99. The highest BCUT2D eigenvalue weighted by Gasteiger charge is 2.44. The second-order valence-electron chi connectivity index (χ2n) is 6.54. The SMILES string of the molecule is CC(=O)CC12CC(C)CC(CC(C)C1)C2. The molecule has 0 amide bonds. The molecule has 0 radical (unpaired) electrons. The van der Waals surface area contributed by atoms with Gasteiger partial charge in [-0.1, -0.05) is 13.8 Å². The van der Waals surface area contributed by atoms with E-state index in [2.05, 4.69) is 13.8 Å². The zero-order valence-electron chi connectivity index (χ0n) is 10.4. The highest BCUT2D eigenvalue weighted by atomic mass is 16.1. The van der Waals surface area contributed by atoms with Crippen LogP contribution in [0.2, 0.25) is 0 Å². The zero-order chi connectivity index (χ0) is 11.1. The molecular weight excluding hydrogens is 184 g/mol. The molecule has 0 aromatic rings. The molecule has 0 aromatic carbocycles. The fourth-order valence-corrected chi connectivity index (χ4v) is 4.65. The summed E-state index contributed by atoms with van der Waals surface area (Å²) in [4.78, 5) is 11.4. The number of ketones is 1. The van der Waals surface area contributed by atoms with E-state index in [4.69, 9.17) is 0 Å². The molecule has 2 saturated carbocycles. The van der Waals surface area contributed by atoms with E-state index in [0.29, 0.717) is 11.2 Å². The summed E-state index contributed by atoms with van der Waals surface area (Å²) in [6.07, 6.45) is 7.59. The van der Waals surface area contributed by atoms with Crippen LogP contribution in [-0.4, -0.2) is 5.78 Å². The predicted octanol–water partition coefficient (Wildman–Crippen LogP) is 3.82. The highest BCUT2D eigenvalue weighted by Crippen LogP contribution is 2.54. The van der Waals surface area contributed by atoms with E-state index in [9.17, 15) is 4.79 Å². The average molecular weight is 208 g/mol. The van der Waals surface area contributed by atoms with Gasteiger partial charge in [0.05, 0.1) is 0 Å². The summed E-state index contributed by atoms with van der Waals surface area (Å²) >= 11 is 0. The first kappa shape index (κ1) is 11.2. The minimum absolute atomic E-state index is 0.395. The average Bonchev–Trinajstić information content (AvgIpc) is 1.96. The smallest absolute Gasteiger partial charge is 0.130 e. The van der Waals surface area contributed by atoms with Crippen LogP contribution in [0.1, 0.15) is 59.3 Å². The van der Waals surface area contributed by atoms with Crippen LogP contribution in [0.5, 0.6) is 0 Å². The van der Waals surface area contributed by atoms with Crippen LogP contribution in [0.25, 0.3) is 0 Å². The van der Waals surface area contributed by atoms with Crippen molar-refractivity contribution in [3.05, 3.63) is 0 Å². The van der Waals surface area contributed by atoms with Gasteiger partial charge in [-0.25, -0.2) is 0 Å². The number of hydrogen-bond donors (Lipinski definition) is 0. The van der Waals surface area contributed by atoms with Crippen molar-refractivity contribution in [3.8, 4) is 0 Å². The van der Waals surface area contributed by atoms with E-state index in [0.717, 1.165) is 24.2 Å². The van der Waals surface area contributed by atoms with Gasteiger partial charge in [-0.15, -0.1) is 0 Å². The molecule has 2 atom stereocenters. The fraction of sp³-hybridized carbons (Fsp3) is 0.929. The molecule has 0 saturated heterocycles. The quantitative estimate of drug-likeness (QED) is 0.674. The Labute approximate surface area is 93.6 Å². The Morgan fingerprint density at radius 1 is 1.13 bits per heavy atom. The standard InChI is InChI=1S/C14H24O/c1-10-4-13-5-11(2)7-14(6-10,9-13)8-12(3)15/h10-11,13H,4-9H2,1-3H3. The Bertz CT molecular complexity index is 237. The van der Waals surface area contributed by atoms with Gasteiger partial charge in [0.2, 0.25) is 0 Å². The monoisotopic (exact) mass is 208 g/mol. The molecule has 2 aliphatic carbocycles. The van der Waals surface area contributed by atoms with E-state index < -0.39 is 0 Å². The van der Waals surface area contributed by atoms with E-state index in [1.165, 1.54) is 32.1 Å². The summed E-state index contributed by atoms with van der Waals surface area (Å²) in [5, 5.41) is 0. The van der Waals surface area contributed by atoms with E-state index >= 15 is 0 Å². The molecule has 2 unspecified atom stereocenters. The number of Topliss-reactive ketones (excluding diaryl/α,β-unsaturated/α-hetero) is 1. The molecule has 0 spiro atoms. The molecular formula is C14H24O. The van der Waals surface area contributed by atoms with Crippen molar-refractivity contribution in [2.24, 2.45) is 23.2 Å². The molecule has 1 nitrogen and oxygen atoms in total. The highest BCUT2D eigenvalue weighted by molar-refractivity contribution is 5.76. The second-order valence-corrected chi connectivity index (χ2v) is 6.54. The molecule has 0 N–H and O–H groups in total. The third kappa shape index (κ3) is 2.43. The third-order valence-electron chi connectivity index (χ3n) is 4.38. The van der Waals surface area contributed by atoms with Crippen LogP contribution >= 0.6 is 0 Å². The molecule has 2 aliphatic rings. The summed E-state index contributed by atoms with van der Waals surface area (Å²) in [6.45, 7) is 6.51. The minimum Gasteiger partial charge on any atom is -0.300 e. The summed E-state index contributed by atoms with van der Waals surface area (Å²) in [6, 6.07) is 0. The van der Waals surface area contributed by atoms with Crippen LogP contribution in [0.15, 0.2) is 0 Å². The van der Waals surface area contributed by atoms with Gasteiger partial charge in [0.1, 0.15) is 5.78 Å². The van der Waals surface area contributed by atoms with Crippen LogP contribution in [0.4, 0.5) is 0 Å². The van der Waals surface area contributed by atoms with Crippen molar-refractivity contribution in [1.82, 2.24) is 0 Å². The van der Waals surface area contributed by atoms with Gasteiger partial charge < -0.3 is 4.79 Å². The predicted molar refractivity (Wildman–Crippen MR) is 62.6 cm³/mol. The number of fused-ring (bicyclic) bond motifs is 2. The summed E-state index contributed by atoms with van der Waals surface area (Å²) in [5.41, 5.74) is 0.395. The lowest BCUT2D eigenvalue weighted by atomic mass is 9.55. The van der Waals surface area contributed by atoms with Gasteiger partial charge in [-0.2, -0.15) is 0 Å². The molecule has 0 aliphatic heterocycles. The first-order valence-corrected chi connectivity index (χ1v) is 6.48. The number of rotatable bonds is 2. The fourth-order valence-electron chi connectivity index (χ4n) is 4.65. The van der Waals surface area contributed by atoms with Crippen molar-refractivity contribution in [2.75, 3.05) is 0 Å². The van der Waals surface area contributed by atoms with Crippen molar-refractivity contribution >= 4 is 5.78 Å². The lowest BCUT2D eigenvalue weighted by Gasteiger charge is -2.49.